The minimum absolute atomic E-state index is 0.0510. The van der Waals surface area contributed by atoms with Gasteiger partial charge in [0.2, 0.25) is 5.82 Å². The van der Waals surface area contributed by atoms with Crippen molar-refractivity contribution in [2.45, 2.75) is 25.9 Å². The molecule has 2 rings (SSSR count). The lowest BCUT2D eigenvalue weighted by molar-refractivity contribution is 0.153. The topological polar surface area (TPSA) is 72.0 Å². The standard InChI is InChI=1S/C11H12FN3O2/c1-2-3-9(16)10-14-11(17-15-10)7-4-5-13-6-8(7)12/h4-6,9,16H,2-3H2,1H3. The molecule has 0 aliphatic carbocycles. The molecule has 1 N–H and O–H groups in total. The first-order valence-corrected chi connectivity index (χ1v) is 5.34. The molecule has 2 heterocycles. The van der Waals surface area contributed by atoms with Gasteiger partial charge in [-0.1, -0.05) is 18.5 Å². The van der Waals surface area contributed by atoms with Gasteiger partial charge in [0.25, 0.3) is 5.89 Å². The second kappa shape index (κ2) is 5.01. The maximum atomic E-state index is 13.4. The van der Waals surface area contributed by atoms with Gasteiger partial charge in [-0.25, -0.2) is 4.39 Å². The predicted octanol–water partition coefficient (Wildman–Crippen LogP) is 2.10. The van der Waals surface area contributed by atoms with Crippen LogP contribution in [0.2, 0.25) is 0 Å². The van der Waals surface area contributed by atoms with E-state index in [9.17, 15) is 9.50 Å². The van der Waals surface area contributed by atoms with E-state index in [-0.39, 0.29) is 17.3 Å². The fourth-order valence-corrected chi connectivity index (χ4v) is 1.43. The summed E-state index contributed by atoms with van der Waals surface area (Å²) in [6.45, 7) is 1.94. The highest BCUT2D eigenvalue weighted by molar-refractivity contribution is 5.52. The van der Waals surface area contributed by atoms with Crippen LogP contribution in [0.25, 0.3) is 11.5 Å². The summed E-state index contributed by atoms with van der Waals surface area (Å²) in [5.41, 5.74) is 0.183. The SMILES string of the molecule is CCCC(O)c1noc(-c2ccncc2F)n1. The average Bonchev–Trinajstić information content (AvgIpc) is 2.79. The summed E-state index contributed by atoms with van der Waals surface area (Å²) in [6, 6.07) is 1.44. The van der Waals surface area contributed by atoms with E-state index in [1.54, 1.807) is 0 Å². The molecule has 0 aliphatic heterocycles. The summed E-state index contributed by atoms with van der Waals surface area (Å²) in [5.74, 6) is -0.305. The third kappa shape index (κ3) is 2.47. The van der Waals surface area contributed by atoms with Gasteiger partial charge in [0, 0.05) is 6.20 Å². The van der Waals surface area contributed by atoms with Crippen LogP contribution >= 0.6 is 0 Å². The lowest BCUT2D eigenvalue weighted by Gasteiger charge is -2.01. The third-order valence-electron chi connectivity index (χ3n) is 2.30. The molecule has 5 nitrogen and oxygen atoms in total. The molecule has 90 valence electrons. The lowest BCUT2D eigenvalue weighted by atomic mass is 10.2. The van der Waals surface area contributed by atoms with E-state index < -0.39 is 11.9 Å². The molecule has 0 saturated carbocycles. The molecule has 6 heteroatoms. The summed E-state index contributed by atoms with van der Waals surface area (Å²) < 4.78 is 18.3. The zero-order chi connectivity index (χ0) is 12.3. The zero-order valence-electron chi connectivity index (χ0n) is 9.30. The summed E-state index contributed by atoms with van der Waals surface area (Å²) in [5, 5.41) is 13.3. The molecular formula is C11H12FN3O2. The Bertz CT molecular complexity index is 501. The highest BCUT2D eigenvalue weighted by atomic mass is 19.1. The number of rotatable bonds is 4. The number of aliphatic hydroxyl groups excluding tert-OH is 1. The number of pyridine rings is 1. The van der Waals surface area contributed by atoms with Crippen molar-refractivity contribution in [1.29, 1.82) is 0 Å². The van der Waals surface area contributed by atoms with Crippen molar-refractivity contribution in [2.24, 2.45) is 0 Å². The van der Waals surface area contributed by atoms with Gasteiger partial charge in [-0.3, -0.25) is 4.98 Å². The third-order valence-corrected chi connectivity index (χ3v) is 2.30. The molecule has 0 amide bonds. The monoisotopic (exact) mass is 237 g/mol. The highest BCUT2D eigenvalue weighted by Crippen LogP contribution is 2.22. The Labute approximate surface area is 97.3 Å². The fraction of sp³-hybridized carbons (Fsp3) is 0.364. The Hall–Kier alpha value is -1.82. The molecule has 0 radical (unpaired) electrons. The fourth-order valence-electron chi connectivity index (χ4n) is 1.43. The molecule has 0 fully saturated rings. The Balaban J connectivity index is 2.27. The van der Waals surface area contributed by atoms with Crippen LogP contribution in [0, 0.1) is 5.82 Å². The smallest absolute Gasteiger partial charge is 0.261 e. The Morgan fingerprint density at radius 1 is 1.53 bits per heavy atom. The van der Waals surface area contributed by atoms with Crippen molar-refractivity contribution in [3.63, 3.8) is 0 Å². The van der Waals surface area contributed by atoms with Crippen LogP contribution in [0.5, 0.6) is 0 Å². The minimum Gasteiger partial charge on any atom is -0.385 e. The molecule has 0 aromatic carbocycles. The van der Waals surface area contributed by atoms with E-state index in [1.807, 2.05) is 6.92 Å². The van der Waals surface area contributed by atoms with E-state index >= 15 is 0 Å². The van der Waals surface area contributed by atoms with Crippen LogP contribution in [-0.4, -0.2) is 20.2 Å². The van der Waals surface area contributed by atoms with Gasteiger partial charge in [-0.2, -0.15) is 4.98 Å². The highest BCUT2D eigenvalue weighted by Gasteiger charge is 2.17. The molecule has 1 unspecified atom stereocenters. The molecule has 0 spiro atoms. The van der Waals surface area contributed by atoms with E-state index in [2.05, 4.69) is 15.1 Å². The molecule has 0 aliphatic rings. The van der Waals surface area contributed by atoms with Crippen LogP contribution in [0.15, 0.2) is 23.0 Å². The summed E-state index contributed by atoms with van der Waals surface area (Å²) in [6.07, 6.45) is 3.07. The van der Waals surface area contributed by atoms with E-state index in [0.29, 0.717) is 6.42 Å². The Morgan fingerprint density at radius 3 is 3.06 bits per heavy atom. The number of aromatic nitrogens is 3. The maximum Gasteiger partial charge on any atom is 0.261 e. The summed E-state index contributed by atoms with van der Waals surface area (Å²) in [4.78, 5) is 7.59. The zero-order valence-corrected chi connectivity index (χ0v) is 9.30. The van der Waals surface area contributed by atoms with Crippen molar-refractivity contribution in [3.8, 4) is 11.5 Å². The molecule has 2 aromatic rings. The Morgan fingerprint density at radius 2 is 2.35 bits per heavy atom. The molecular weight excluding hydrogens is 225 g/mol. The van der Waals surface area contributed by atoms with E-state index in [0.717, 1.165) is 12.6 Å². The van der Waals surface area contributed by atoms with E-state index in [1.165, 1.54) is 12.3 Å². The normalized spacial score (nSPS) is 12.6. The average molecular weight is 237 g/mol. The second-order valence-electron chi connectivity index (χ2n) is 3.62. The van der Waals surface area contributed by atoms with Gasteiger partial charge >= 0.3 is 0 Å². The molecule has 0 saturated heterocycles. The van der Waals surface area contributed by atoms with Gasteiger partial charge in [-0.15, -0.1) is 0 Å². The second-order valence-corrected chi connectivity index (χ2v) is 3.62. The van der Waals surface area contributed by atoms with Crippen LogP contribution in [0.1, 0.15) is 31.7 Å². The number of nitrogens with zero attached hydrogens (tertiary/aromatic N) is 3. The lowest BCUT2D eigenvalue weighted by Crippen LogP contribution is -1.99. The van der Waals surface area contributed by atoms with Gasteiger partial charge in [-0.05, 0) is 12.5 Å². The minimum atomic E-state index is -0.776. The molecule has 1 atom stereocenters. The largest absolute Gasteiger partial charge is 0.385 e. The maximum absolute atomic E-state index is 13.4. The van der Waals surface area contributed by atoms with Crippen LogP contribution in [-0.2, 0) is 0 Å². The van der Waals surface area contributed by atoms with Crippen molar-refractivity contribution in [2.75, 3.05) is 0 Å². The number of hydrogen-bond acceptors (Lipinski definition) is 5. The predicted molar refractivity (Wildman–Crippen MR) is 57.4 cm³/mol. The van der Waals surface area contributed by atoms with Crippen LogP contribution in [0.3, 0.4) is 0 Å². The first-order chi connectivity index (χ1) is 8.22. The Kier molecular flexibility index (Phi) is 3.43. The first-order valence-electron chi connectivity index (χ1n) is 5.34. The van der Waals surface area contributed by atoms with Crippen LogP contribution in [0.4, 0.5) is 4.39 Å². The first kappa shape index (κ1) is 11.7. The van der Waals surface area contributed by atoms with Gasteiger partial charge in [0.05, 0.1) is 11.8 Å². The van der Waals surface area contributed by atoms with Crippen molar-refractivity contribution in [3.05, 3.63) is 30.1 Å². The van der Waals surface area contributed by atoms with Gasteiger partial charge in [0.15, 0.2) is 5.82 Å². The number of halogens is 1. The van der Waals surface area contributed by atoms with Crippen LogP contribution < -0.4 is 0 Å². The van der Waals surface area contributed by atoms with Gasteiger partial charge in [0.1, 0.15) is 6.10 Å². The molecule has 17 heavy (non-hydrogen) atoms. The molecule has 2 aromatic heterocycles. The van der Waals surface area contributed by atoms with Crippen molar-refractivity contribution < 1.29 is 14.0 Å². The summed E-state index contributed by atoms with van der Waals surface area (Å²) in [7, 11) is 0. The number of hydrogen-bond donors (Lipinski definition) is 1. The quantitative estimate of drug-likeness (QED) is 0.881. The number of aliphatic hydroxyl groups is 1. The summed E-state index contributed by atoms with van der Waals surface area (Å²) >= 11 is 0. The van der Waals surface area contributed by atoms with E-state index in [4.69, 9.17) is 4.52 Å². The molecule has 0 bridgehead atoms. The van der Waals surface area contributed by atoms with Crippen molar-refractivity contribution in [1.82, 2.24) is 15.1 Å². The van der Waals surface area contributed by atoms with Gasteiger partial charge < -0.3 is 9.63 Å². The van der Waals surface area contributed by atoms with Crippen molar-refractivity contribution >= 4 is 0 Å².